The third-order valence-electron chi connectivity index (χ3n) is 2.60. The molecule has 0 aliphatic rings. The van der Waals surface area contributed by atoms with Gasteiger partial charge in [-0.25, -0.2) is 0 Å². The van der Waals surface area contributed by atoms with Crippen molar-refractivity contribution in [3.05, 3.63) is 28.2 Å². The van der Waals surface area contributed by atoms with Crippen LogP contribution >= 0.6 is 15.9 Å². The molecule has 88 valence electrons. The van der Waals surface area contributed by atoms with Gasteiger partial charge in [-0.3, -0.25) is 4.79 Å². The van der Waals surface area contributed by atoms with E-state index in [2.05, 4.69) is 27.8 Å². The lowest BCUT2D eigenvalue weighted by Gasteiger charge is -2.21. The number of benzene rings is 1. The largest absolute Gasteiger partial charge is 0.374 e. The van der Waals surface area contributed by atoms with E-state index in [1.807, 2.05) is 25.2 Å². The number of hydrogen-bond acceptors (Lipinski definition) is 2. The van der Waals surface area contributed by atoms with E-state index in [1.54, 1.807) is 6.92 Å². The Kier molecular flexibility index (Phi) is 5.00. The number of halogens is 1. The van der Waals surface area contributed by atoms with Crippen molar-refractivity contribution in [1.82, 2.24) is 0 Å². The Labute approximate surface area is 106 Å². The summed E-state index contributed by atoms with van der Waals surface area (Å²) in [4.78, 5) is 13.7. The van der Waals surface area contributed by atoms with E-state index in [9.17, 15) is 4.79 Å². The SMILES string of the molecule is CCCCN(C)c1ccc(Br)cc1C(C)=O. The predicted octanol–water partition coefficient (Wildman–Crippen LogP) is 3.89. The summed E-state index contributed by atoms with van der Waals surface area (Å²) in [5, 5.41) is 0. The lowest BCUT2D eigenvalue weighted by atomic mass is 10.1. The highest BCUT2D eigenvalue weighted by Crippen LogP contribution is 2.24. The number of carbonyl (C=O) groups excluding carboxylic acids is 1. The number of Topliss-reactive ketones (excluding diaryl/α,β-unsaturated/α-hetero) is 1. The van der Waals surface area contributed by atoms with Gasteiger partial charge in [-0.05, 0) is 31.5 Å². The van der Waals surface area contributed by atoms with Crippen molar-refractivity contribution in [2.75, 3.05) is 18.5 Å². The van der Waals surface area contributed by atoms with Crippen LogP contribution in [0.5, 0.6) is 0 Å². The van der Waals surface area contributed by atoms with Gasteiger partial charge < -0.3 is 4.90 Å². The Morgan fingerprint density at radius 3 is 2.69 bits per heavy atom. The van der Waals surface area contributed by atoms with Gasteiger partial charge in [-0.15, -0.1) is 0 Å². The van der Waals surface area contributed by atoms with Crippen LogP contribution in [0.4, 0.5) is 5.69 Å². The minimum absolute atomic E-state index is 0.111. The third kappa shape index (κ3) is 3.34. The summed E-state index contributed by atoms with van der Waals surface area (Å²) in [5.74, 6) is 0.111. The summed E-state index contributed by atoms with van der Waals surface area (Å²) in [6.07, 6.45) is 2.31. The van der Waals surface area contributed by atoms with Gasteiger partial charge in [0.15, 0.2) is 5.78 Å². The molecule has 0 saturated carbocycles. The van der Waals surface area contributed by atoms with E-state index < -0.39 is 0 Å². The number of rotatable bonds is 5. The zero-order chi connectivity index (χ0) is 12.1. The molecule has 0 aromatic heterocycles. The third-order valence-corrected chi connectivity index (χ3v) is 3.09. The molecule has 0 N–H and O–H groups in total. The summed E-state index contributed by atoms with van der Waals surface area (Å²) >= 11 is 3.40. The molecule has 0 spiro atoms. The van der Waals surface area contributed by atoms with Crippen molar-refractivity contribution in [2.24, 2.45) is 0 Å². The first-order valence-corrected chi connectivity index (χ1v) is 6.37. The van der Waals surface area contributed by atoms with Gasteiger partial charge in [0.1, 0.15) is 0 Å². The Bertz CT molecular complexity index is 376. The molecule has 0 saturated heterocycles. The first-order valence-electron chi connectivity index (χ1n) is 5.58. The number of anilines is 1. The van der Waals surface area contributed by atoms with Crippen LogP contribution in [0.1, 0.15) is 37.0 Å². The number of ketones is 1. The number of nitrogens with zero attached hydrogens (tertiary/aromatic N) is 1. The molecule has 0 bridgehead atoms. The maximum Gasteiger partial charge on any atom is 0.161 e. The molecule has 3 heteroatoms. The molecule has 0 heterocycles. The predicted molar refractivity (Wildman–Crippen MR) is 72.3 cm³/mol. The van der Waals surface area contributed by atoms with E-state index >= 15 is 0 Å². The molecule has 0 amide bonds. The van der Waals surface area contributed by atoms with E-state index in [-0.39, 0.29) is 5.78 Å². The monoisotopic (exact) mass is 283 g/mol. The minimum atomic E-state index is 0.111. The van der Waals surface area contributed by atoms with Gasteiger partial charge >= 0.3 is 0 Å². The molecule has 16 heavy (non-hydrogen) atoms. The summed E-state index contributed by atoms with van der Waals surface area (Å²) in [6.45, 7) is 4.76. The van der Waals surface area contributed by atoms with Crippen LogP contribution in [-0.2, 0) is 0 Å². The molecule has 0 aliphatic heterocycles. The van der Waals surface area contributed by atoms with Crippen molar-refractivity contribution in [3.8, 4) is 0 Å². The van der Waals surface area contributed by atoms with E-state index in [4.69, 9.17) is 0 Å². The fourth-order valence-electron chi connectivity index (χ4n) is 1.64. The fourth-order valence-corrected chi connectivity index (χ4v) is 2.00. The van der Waals surface area contributed by atoms with Crippen molar-refractivity contribution >= 4 is 27.4 Å². The second-order valence-corrected chi connectivity index (χ2v) is 4.91. The van der Waals surface area contributed by atoms with Crippen LogP contribution in [-0.4, -0.2) is 19.4 Å². The molecule has 1 rings (SSSR count). The Morgan fingerprint density at radius 1 is 1.44 bits per heavy atom. The molecule has 0 fully saturated rings. The minimum Gasteiger partial charge on any atom is -0.374 e. The summed E-state index contributed by atoms with van der Waals surface area (Å²) in [6, 6.07) is 5.86. The van der Waals surface area contributed by atoms with E-state index in [1.165, 1.54) is 0 Å². The fraction of sp³-hybridized carbons (Fsp3) is 0.462. The second kappa shape index (κ2) is 6.04. The van der Waals surface area contributed by atoms with Gasteiger partial charge in [0, 0.05) is 29.3 Å². The van der Waals surface area contributed by atoms with Crippen molar-refractivity contribution < 1.29 is 4.79 Å². The number of hydrogen-bond donors (Lipinski definition) is 0. The van der Waals surface area contributed by atoms with Crippen molar-refractivity contribution in [2.45, 2.75) is 26.7 Å². The summed E-state index contributed by atoms with van der Waals surface area (Å²) < 4.78 is 0.949. The maximum atomic E-state index is 11.5. The molecular formula is C13H18BrNO. The van der Waals surface area contributed by atoms with E-state index in [0.717, 1.165) is 35.1 Å². The van der Waals surface area contributed by atoms with Crippen LogP contribution in [0.2, 0.25) is 0 Å². The number of carbonyl (C=O) groups is 1. The molecular weight excluding hydrogens is 266 g/mol. The normalized spacial score (nSPS) is 10.2. The van der Waals surface area contributed by atoms with E-state index in [0.29, 0.717) is 0 Å². The van der Waals surface area contributed by atoms with Crippen LogP contribution in [0.3, 0.4) is 0 Å². The van der Waals surface area contributed by atoms with Gasteiger partial charge in [0.05, 0.1) is 0 Å². The molecule has 2 nitrogen and oxygen atoms in total. The quantitative estimate of drug-likeness (QED) is 0.765. The zero-order valence-corrected chi connectivity index (χ0v) is 11.7. The lowest BCUT2D eigenvalue weighted by Crippen LogP contribution is -2.20. The Balaban J connectivity index is 2.98. The van der Waals surface area contributed by atoms with Crippen molar-refractivity contribution in [1.29, 1.82) is 0 Å². The molecule has 0 aliphatic carbocycles. The Hall–Kier alpha value is -0.830. The smallest absolute Gasteiger partial charge is 0.161 e. The maximum absolute atomic E-state index is 11.5. The molecule has 0 radical (unpaired) electrons. The first kappa shape index (κ1) is 13.2. The first-order chi connectivity index (χ1) is 7.56. The molecule has 0 unspecified atom stereocenters. The topological polar surface area (TPSA) is 20.3 Å². The van der Waals surface area contributed by atoms with Gasteiger partial charge in [-0.1, -0.05) is 29.3 Å². The average Bonchev–Trinajstić information content (AvgIpc) is 2.25. The molecule has 1 aromatic carbocycles. The van der Waals surface area contributed by atoms with Gasteiger partial charge in [-0.2, -0.15) is 0 Å². The Morgan fingerprint density at radius 2 is 2.12 bits per heavy atom. The van der Waals surface area contributed by atoms with Crippen molar-refractivity contribution in [3.63, 3.8) is 0 Å². The van der Waals surface area contributed by atoms with Gasteiger partial charge in [0.2, 0.25) is 0 Å². The average molecular weight is 284 g/mol. The van der Waals surface area contributed by atoms with Crippen LogP contribution in [0.25, 0.3) is 0 Å². The zero-order valence-electron chi connectivity index (χ0n) is 10.1. The molecule has 0 atom stereocenters. The summed E-state index contributed by atoms with van der Waals surface area (Å²) in [5.41, 5.74) is 1.80. The van der Waals surface area contributed by atoms with Gasteiger partial charge in [0.25, 0.3) is 0 Å². The van der Waals surface area contributed by atoms with Crippen LogP contribution < -0.4 is 4.90 Å². The number of unbranched alkanes of at least 4 members (excludes halogenated alkanes) is 1. The molecule has 1 aromatic rings. The van der Waals surface area contributed by atoms with Crippen LogP contribution in [0, 0.1) is 0 Å². The second-order valence-electron chi connectivity index (χ2n) is 3.99. The highest BCUT2D eigenvalue weighted by Gasteiger charge is 2.11. The van der Waals surface area contributed by atoms with Crippen LogP contribution in [0.15, 0.2) is 22.7 Å². The standard InChI is InChI=1S/C13H18BrNO/c1-4-5-8-15(3)13-7-6-11(14)9-12(13)10(2)16/h6-7,9H,4-5,8H2,1-3H3. The highest BCUT2D eigenvalue weighted by atomic mass is 79.9. The summed E-state index contributed by atoms with van der Waals surface area (Å²) in [7, 11) is 2.03. The lowest BCUT2D eigenvalue weighted by molar-refractivity contribution is 0.101. The highest BCUT2D eigenvalue weighted by molar-refractivity contribution is 9.10.